The zero-order chi connectivity index (χ0) is 27.8. The van der Waals surface area contributed by atoms with E-state index in [1.807, 2.05) is 19.1 Å². The fraction of sp³-hybridized carbons (Fsp3) is 0.645. The number of allylic oxidation sites excluding steroid dienone is 2. The normalized spacial score (nSPS) is 25.8. The number of aryl methyl sites for hydroxylation is 1. The highest BCUT2D eigenvalue weighted by molar-refractivity contribution is 7.90. The van der Waals surface area contributed by atoms with E-state index in [9.17, 15) is 8.42 Å². The molecule has 0 aromatic heterocycles. The van der Waals surface area contributed by atoms with Gasteiger partial charge in [0.1, 0.15) is 0 Å². The second-order valence-corrected chi connectivity index (χ2v) is 19.2. The first kappa shape index (κ1) is 29.7. The molecule has 1 saturated carbocycles. The number of terminal acetylenes is 1. The van der Waals surface area contributed by atoms with Gasteiger partial charge in [0.25, 0.3) is 18.3 Å². The Labute approximate surface area is 227 Å². The molecule has 3 aliphatic rings. The topological polar surface area (TPSA) is 55.7 Å². The van der Waals surface area contributed by atoms with Crippen LogP contribution in [0.3, 0.4) is 0 Å². The van der Waals surface area contributed by atoms with Crippen LogP contribution in [0.5, 0.6) is 0 Å². The summed E-state index contributed by atoms with van der Waals surface area (Å²) in [6, 6.07) is 6.92. The Hall–Kier alpha value is -1.84. The Morgan fingerprint density at radius 1 is 1.05 bits per heavy atom. The number of fused-ring (bicyclic) bond motifs is 3. The third kappa shape index (κ3) is 5.23. The van der Waals surface area contributed by atoms with Crippen molar-refractivity contribution in [2.75, 3.05) is 0 Å². The monoisotopic (exact) mass is 541 g/mol. The van der Waals surface area contributed by atoms with Gasteiger partial charge in [-0.1, -0.05) is 78.5 Å². The molecule has 1 fully saturated rings. The first-order valence-electron chi connectivity index (χ1n) is 14.0. The highest BCUT2D eigenvalue weighted by Crippen LogP contribution is 2.55. The lowest BCUT2D eigenvalue weighted by Gasteiger charge is -2.46. The predicted molar refractivity (Wildman–Crippen MR) is 158 cm³/mol. The van der Waals surface area contributed by atoms with Crippen LogP contribution in [0.2, 0.25) is 16.6 Å². The van der Waals surface area contributed by atoms with E-state index in [-0.39, 0.29) is 16.7 Å². The van der Waals surface area contributed by atoms with Gasteiger partial charge in [0.2, 0.25) is 0 Å². The molecule has 4 nitrogen and oxygen atoms in total. The molecule has 2 bridgehead atoms. The summed E-state index contributed by atoms with van der Waals surface area (Å²) in [6.45, 7) is 20.1. The molecule has 4 rings (SSSR count). The highest BCUT2D eigenvalue weighted by Gasteiger charge is 2.53. The molecule has 1 aromatic rings. The molecule has 204 valence electrons. The van der Waals surface area contributed by atoms with Crippen molar-refractivity contribution in [3.05, 3.63) is 41.2 Å². The molecular weight excluding hydrogens is 494 g/mol. The molecule has 3 atom stereocenters. The molecule has 6 heteroatoms. The van der Waals surface area contributed by atoms with Crippen LogP contribution in [-0.2, 0) is 14.4 Å². The summed E-state index contributed by atoms with van der Waals surface area (Å²) in [4.78, 5) is 0.219. The molecule has 0 aliphatic heterocycles. The number of rotatable bonds is 9. The van der Waals surface area contributed by atoms with Crippen molar-refractivity contribution in [2.45, 2.75) is 116 Å². The zero-order valence-electron chi connectivity index (χ0n) is 24.4. The Morgan fingerprint density at radius 2 is 1.62 bits per heavy atom. The molecule has 0 saturated heterocycles. The van der Waals surface area contributed by atoms with Gasteiger partial charge in [-0.05, 0) is 73.9 Å². The molecule has 0 heterocycles. The first-order valence-corrected chi connectivity index (χ1v) is 17.6. The van der Waals surface area contributed by atoms with Crippen LogP contribution in [0.1, 0.15) is 93.1 Å². The van der Waals surface area contributed by atoms with E-state index in [0.29, 0.717) is 28.8 Å². The fourth-order valence-corrected chi connectivity index (χ4v) is 13.9. The molecule has 1 aromatic carbocycles. The Balaban J connectivity index is 2.20. The summed E-state index contributed by atoms with van der Waals surface area (Å²) in [5, 5.41) is 0. The Morgan fingerprint density at radius 3 is 2.11 bits per heavy atom. The van der Waals surface area contributed by atoms with Gasteiger partial charge in [-0.15, -0.1) is 6.42 Å². The van der Waals surface area contributed by atoms with Gasteiger partial charge >= 0.3 is 0 Å². The maximum absolute atomic E-state index is 13.5. The largest absolute Gasteiger partial charge is 0.545 e. The summed E-state index contributed by atoms with van der Waals surface area (Å²) in [5.41, 5.74) is 3.53. The van der Waals surface area contributed by atoms with Gasteiger partial charge < -0.3 is 4.43 Å². The molecule has 0 N–H and O–H groups in total. The quantitative estimate of drug-likeness (QED) is 0.233. The van der Waals surface area contributed by atoms with Gasteiger partial charge in [-0.2, -0.15) is 12.8 Å². The average molecular weight is 542 g/mol. The van der Waals surface area contributed by atoms with E-state index >= 15 is 0 Å². The van der Waals surface area contributed by atoms with Gasteiger partial charge in [-0.3, -0.25) is 0 Å². The standard InChI is InChI=1S/C31H47NO3SSi/c1-11-19-31(12-2)28-18-15-26(20-29(31)32-36(33,34)27-16-13-24(9)14-17-27)30(25(28)10)35-37(21(3)4,22(5)6)23(7)8/h2,13-14,16-17,21-23,26,28H,11,15,18-20H2,1,3-10H3/b32-29+/t26-,28-,31+/m1/s1. The molecule has 0 unspecified atom stereocenters. The molecule has 0 radical (unpaired) electrons. The van der Waals surface area contributed by atoms with Crippen molar-refractivity contribution >= 4 is 24.1 Å². The number of benzene rings is 1. The van der Waals surface area contributed by atoms with Crippen molar-refractivity contribution in [3.63, 3.8) is 0 Å². The van der Waals surface area contributed by atoms with Crippen LogP contribution in [0.4, 0.5) is 0 Å². The van der Waals surface area contributed by atoms with Crippen molar-refractivity contribution in [3.8, 4) is 12.3 Å². The summed E-state index contributed by atoms with van der Waals surface area (Å²) >= 11 is 0. The van der Waals surface area contributed by atoms with E-state index in [2.05, 4.69) is 65.7 Å². The minimum Gasteiger partial charge on any atom is -0.545 e. The van der Waals surface area contributed by atoms with Crippen LogP contribution in [0.15, 0.2) is 44.9 Å². The summed E-state index contributed by atoms with van der Waals surface area (Å²) in [5.74, 6) is 4.37. The second kappa shape index (κ2) is 11.1. The highest BCUT2D eigenvalue weighted by atomic mass is 32.2. The Kier molecular flexibility index (Phi) is 8.91. The van der Waals surface area contributed by atoms with Crippen LogP contribution in [0, 0.1) is 36.5 Å². The van der Waals surface area contributed by atoms with Crippen molar-refractivity contribution in [2.24, 2.45) is 21.6 Å². The minimum atomic E-state index is -3.88. The van der Waals surface area contributed by atoms with Crippen molar-refractivity contribution in [1.29, 1.82) is 0 Å². The van der Waals surface area contributed by atoms with Gasteiger partial charge in [0.05, 0.1) is 21.8 Å². The molecular formula is C31H47NO3SSi. The van der Waals surface area contributed by atoms with Crippen molar-refractivity contribution in [1.82, 2.24) is 0 Å². The SMILES string of the molecule is C#C[C@@]1(CCC)/C(=N/S(=O)(=O)c2ccc(C)cc2)C[C@H]2CC[C@@H]1C(C)=C2O[Si](C(C)C)(C(C)C)C(C)C. The van der Waals surface area contributed by atoms with Crippen LogP contribution in [0.25, 0.3) is 0 Å². The first-order chi connectivity index (χ1) is 17.3. The molecule has 0 spiro atoms. The minimum absolute atomic E-state index is 0.0383. The lowest BCUT2D eigenvalue weighted by atomic mass is 9.66. The number of sulfonamides is 1. The second-order valence-electron chi connectivity index (χ2n) is 12.2. The number of hydrogen-bond acceptors (Lipinski definition) is 3. The van der Waals surface area contributed by atoms with E-state index in [1.165, 1.54) is 5.57 Å². The number of nitrogens with zero attached hydrogens (tertiary/aromatic N) is 1. The van der Waals surface area contributed by atoms with E-state index in [0.717, 1.165) is 37.0 Å². The summed E-state index contributed by atoms with van der Waals surface area (Å²) < 4.78 is 38.9. The van der Waals surface area contributed by atoms with E-state index in [4.69, 9.17) is 10.8 Å². The molecule has 3 aliphatic carbocycles. The number of hydrogen-bond donors (Lipinski definition) is 0. The predicted octanol–water partition coefficient (Wildman–Crippen LogP) is 8.44. The maximum Gasteiger partial charge on any atom is 0.282 e. The zero-order valence-corrected chi connectivity index (χ0v) is 26.2. The summed E-state index contributed by atoms with van der Waals surface area (Å²) in [7, 11) is -6.07. The summed E-state index contributed by atoms with van der Waals surface area (Å²) in [6.07, 6.45) is 10.4. The van der Waals surface area contributed by atoms with Crippen molar-refractivity contribution < 1.29 is 12.8 Å². The lowest BCUT2D eigenvalue weighted by Crippen LogP contribution is -2.48. The van der Waals surface area contributed by atoms with Crippen LogP contribution < -0.4 is 0 Å². The third-order valence-corrected chi connectivity index (χ3v) is 16.4. The van der Waals surface area contributed by atoms with Gasteiger partial charge in [0, 0.05) is 11.8 Å². The molecule has 37 heavy (non-hydrogen) atoms. The smallest absolute Gasteiger partial charge is 0.282 e. The lowest BCUT2D eigenvalue weighted by molar-refractivity contribution is 0.247. The van der Waals surface area contributed by atoms with E-state index < -0.39 is 23.8 Å². The van der Waals surface area contributed by atoms with E-state index in [1.54, 1.807) is 12.1 Å². The van der Waals surface area contributed by atoms with Gasteiger partial charge in [-0.25, -0.2) is 0 Å². The molecule has 0 amide bonds. The maximum atomic E-state index is 13.5. The van der Waals surface area contributed by atoms with Crippen LogP contribution >= 0.6 is 0 Å². The average Bonchev–Trinajstić information content (AvgIpc) is 3.00. The Bertz CT molecular complexity index is 1170. The third-order valence-electron chi connectivity index (χ3n) is 9.08. The van der Waals surface area contributed by atoms with Crippen LogP contribution in [-0.4, -0.2) is 22.4 Å². The fourth-order valence-electron chi connectivity index (χ4n) is 7.34. The van der Waals surface area contributed by atoms with Gasteiger partial charge in [0.15, 0.2) is 0 Å².